The molecule has 0 atom stereocenters. The minimum Gasteiger partial charge on any atom is -0.493 e. The number of benzene rings is 1. The highest BCUT2D eigenvalue weighted by Crippen LogP contribution is 2.38. The molecule has 0 bridgehead atoms. The van der Waals surface area contributed by atoms with Crippen molar-refractivity contribution < 1.29 is 19.0 Å². The zero-order chi connectivity index (χ0) is 16.1. The molecule has 7 heteroatoms. The predicted molar refractivity (Wildman–Crippen MR) is 91.0 cm³/mol. The smallest absolute Gasteiger partial charge is 0.254 e. The van der Waals surface area contributed by atoms with Crippen molar-refractivity contribution in [1.29, 1.82) is 0 Å². The number of nitrogens with two attached hydrogens (primary N) is 1. The molecule has 0 aliphatic carbocycles. The van der Waals surface area contributed by atoms with Gasteiger partial charge in [-0.25, -0.2) is 0 Å². The van der Waals surface area contributed by atoms with Gasteiger partial charge in [-0.15, -0.1) is 12.4 Å². The van der Waals surface area contributed by atoms with E-state index in [4.69, 9.17) is 19.9 Å². The number of methoxy groups -OCH3 is 3. The van der Waals surface area contributed by atoms with E-state index in [1.807, 2.05) is 4.90 Å². The van der Waals surface area contributed by atoms with Crippen LogP contribution in [0.5, 0.6) is 17.2 Å². The van der Waals surface area contributed by atoms with E-state index in [9.17, 15) is 4.79 Å². The summed E-state index contributed by atoms with van der Waals surface area (Å²) >= 11 is 0. The van der Waals surface area contributed by atoms with Crippen LogP contribution in [0.4, 0.5) is 0 Å². The topological polar surface area (TPSA) is 74.0 Å². The number of amides is 1. The van der Waals surface area contributed by atoms with Crippen LogP contribution in [0.2, 0.25) is 0 Å². The molecule has 1 fully saturated rings. The molecule has 1 aromatic carbocycles. The van der Waals surface area contributed by atoms with E-state index in [2.05, 4.69) is 0 Å². The van der Waals surface area contributed by atoms with Crippen LogP contribution in [-0.4, -0.2) is 51.8 Å². The van der Waals surface area contributed by atoms with Crippen LogP contribution in [0.3, 0.4) is 0 Å². The van der Waals surface area contributed by atoms with Gasteiger partial charge in [-0.2, -0.15) is 0 Å². The molecule has 0 spiro atoms. The number of carbonyl (C=O) groups is 1. The second-order valence-corrected chi connectivity index (χ2v) is 5.39. The van der Waals surface area contributed by atoms with Crippen molar-refractivity contribution in [2.45, 2.75) is 12.8 Å². The van der Waals surface area contributed by atoms with Gasteiger partial charge in [0.2, 0.25) is 5.75 Å². The molecule has 130 valence electrons. The fourth-order valence-corrected chi connectivity index (χ4v) is 2.76. The molecule has 1 heterocycles. The first-order valence-corrected chi connectivity index (χ1v) is 7.43. The van der Waals surface area contributed by atoms with E-state index in [0.717, 1.165) is 25.9 Å². The molecule has 6 nitrogen and oxygen atoms in total. The summed E-state index contributed by atoms with van der Waals surface area (Å²) < 4.78 is 15.9. The number of halogens is 1. The van der Waals surface area contributed by atoms with Crippen LogP contribution >= 0.6 is 12.4 Å². The van der Waals surface area contributed by atoms with Crippen molar-refractivity contribution in [3.8, 4) is 17.2 Å². The highest BCUT2D eigenvalue weighted by Gasteiger charge is 2.25. The van der Waals surface area contributed by atoms with Gasteiger partial charge >= 0.3 is 0 Å². The Morgan fingerprint density at radius 2 is 1.65 bits per heavy atom. The largest absolute Gasteiger partial charge is 0.493 e. The molecule has 1 saturated heterocycles. The normalized spacial score (nSPS) is 14.9. The summed E-state index contributed by atoms with van der Waals surface area (Å²) in [5.74, 6) is 1.96. The van der Waals surface area contributed by atoms with Crippen molar-refractivity contribution in [2.24, 2.45) is 11.7 Å². The third-order valence-electron chi connectivity index (χ3n) is 4.15. The molecule has 2 rings (SSSR count). The Bertz CT molecular complexity index is 506. The number of nitrogens with zero attached hydrogens (tertiary/aromatic N) is 1. The Morgan fingerprint density at radius 1 is 1.13 bits per heavy atom. The SMILES string of the molecule is COc1cc(C(=O)N2CCC(CN)CC2)cc(OC)c1OC.Cl. The zero-order valence-electron chi connectivity index (χ0n) is 13.8. The summed E-state index contributed by atoms with van der Waals surface area (Å²) in [6.07, 6.45) is 1.90. The van der Waals surface area contributed by atoms with Gasteiger partial charge in [0.05, 0.1) is 21.3 Å². The summed E-state index contributed by atoms with van der Waals surface area (Å²) in [5.41, 5.74) is 6.24. The number of hydrogen-bond donors (Lipinski definition) is 1. The van der Waals surface area contributed by atoms with Gasteiger partial charge in [-0.3, -0.25) is 4.79 Å². The summed E-state index contributed by atoms with van der Waals surface area (Å²) in [5, 5.41) is 0. The van der Waals surface area contributed by atoms with Crippen LogP contribution in [0, 0.1) is 5.92 Å². The van der Waals surface area contributed by atoms with Crippen LogP contribution in [0.25, 0.3) is 0 Å². The molecule has 0 unspecified atom stereocenters. The quantitative estimate of drug-likeness (QED) is 0.883. The molecule has 0 saturated carbocycles. The molecule has 1 amide bonds. The highest BCUT2D eigenvalue weighted by atomic mass is 35.5. The predicted octanol–water partition coefficient (Wildman–Crippen LogP) is 1.95. The number of likely N-dealkylation sites (tertiary alicyclic amines) is 1. The van der Waals surface area contributed by atoms with Crippen molar-refractivity contribution in [3.05, 3.63) is 17.7 Å². The highest BCUT2D eigenvalue weighted by molar-refractivity contribution is 5.95. The molecular formula is C16H25ClN2O4. The lowest BCUT2D eigenvalue weighted by Crippen LogP contribution is -2.40. The maximum absolute atomic E-state index is 12.7. The molecule has 0 aromatic heterocycles. The third kappa shape index (κ3) is 4.20. The first-order valence-electron chi connectivity index (χ1n) is 7.43. The number of piperidine rings is 1. The lowest BCUT2D eigenvalue weighted by molar-refractivity contribution is 0.0692. The Labute approximate surface area is 143 Å². The Balaban J connectivity index is 0.00000264. The molecule has 1 aromatic rings. The van der Waals surface area contributed by atoms with E-state index in [1.54, 1.807) is 19.2 Å². The molecule has 1 aliphatic rings. The Hall–Kier alpha value is -1.66. The lowest BCUT2D eigenvalue weighted by Gasteiger charge is -2.31. The maximum atomic E-state index is 12.7. The van der Waals surface area contributed by atoms with E-state index >= 15 is 0 Å². The fraction of sp³-hybridized carbons (Fsp3) is 0.562. The van der Waals surface area contributed by atoms with Crippen molar-refractivity contribution in [3.63, 3.8) is 0 Å². The molecular weight excluding hydrogens is 320 g/mol. The first kappa shape index (κ1) is 19.4. The molecule has 0 radical (unpaired) electrons. The molecule has 2 N–H and O–H groups in total. The second-order valence-electron chi connectivity index (χ2n) is 5.39. The number of carbonyl (C=O) groups excluding carboxylic acids is 1. The summed E-state index contributed by atoms with van der Waals surface area (Å²) in [4.78, 5) is 14.5. The molecule has 23 heavy (non-hydrogen) atoms. The van der Waals surface area contributed by atoms with Crippen LogP contribution in [0.1, 0.15) is 23.2 Å². The van der Waals surface area contributed by atoms with E-state index < -0.39 is 0 Å². The minimum absolute atomic E-state index is 0. The standard InChI is InChI=1S/C16H24N2O4.ClH/c1-20-13-8-12(9-14(21-2)15(13)22-3)16(19)18-6-4-11(10-17)5-7-18;/h8-9,11H,4-7,10,17H2,1-3H3;1H. The van der Waals surface area contributed by atoms with Gasteiger partial charge < -0.3 is 24.8 Å². The van der Waals surface area contributed by atoms with Crippen LogP contribution in [-0.2, 0) is 0 Å². The van der Waals surface area contributed by atoms with Gasteiger partial charge in [-0.1, -0.05) is 0 Å². The third-order valence-corrected chi connectivity index (χ3v) is 4.15. The van der Waals surface area contributed by atoms with Gasteiger partial charge in [-0.05, 0) is 37.4 Å². The summed E-state index contributed by atoms with van der Waals surface area (Å²) in [6, 6.07) is 3.39. The van der Waals surface area contributed by atoms with E-state index in [1.165, 1.54) is 14.2 Å². The lowest BCUT2D eigenvalue weighted by atomic mass is 9.96. The molecule has 1 aliphatic heterocycles. The van der Waals surface area contributed by atoms with Crippen molar-refractivity contribution in [1.82, 2.24) is 4.90 Å². The summed E-state index contributed by atoms with van der Waals surface area (Å²) in [6.45, 7) is 2.15. The van der Waals surface area contributed by atoms with Gasteiger partial charge in [0.1, 0.15) is 0 Å². The average Bonchev–Trinajstić information content (AvgIpc) is 2.59. The number of ether oxygens (including phenoxy) is 3. The second kappa shape index (κ2) is 8.84. The Kier molecular flexibility index (Phi) is 7.45. The number of hydrogen-bond acceptors (Lipinski definition) is 5. The van der Waals surface area contributed by atoms with E-state index in [-0.39, 0.29) is 18.3 Å². The van der Waals surface area contributed by atoms with Crippen molar-refractivity contribution >= 4 is 18.3 Å². The minimum atomic E-state index is -0.0188. The van der Waals surface area contributed by atoms with E-state index in [0.29, 0.717) is 35.3 Å². The van der Waals surface area contributed by atoms with Crippen molar-refractivity contribution in [2.75, 3.05) is 41.0 Å². The first-order chi connectivity index (χ1) is 10.6. The zero-order valence-corrected chi connectivity index (χ0v) is 14.6. The van der Waals surface area contributed by atoms with Gasteiger partial charge in [0, 0.05) is 18.7 Å². The monoisotopic (exact) mass is 344 g/mol. The Morgan fingerprint density at radius 3 is 2.04 bits per heavy atom. The average molecular weight is 345 g/mol. The van der Waals surface area contributed by atoms with Crippen LogP contribution < -0.4 is 19.9 Å². The number of rotatable bonds is 5. The fourth-order valence-electron chi connectivity index (χ4n) is 2.76. The van der Waals surface area contributed by atoms with Gasteiger partial charge in [0.25, 0.3) is 5.91 Å². The summed E-state index contributed by atoms with van der Waals surface area (Å²) in [7, 11) is 4.62. The van der Waals surface area contributed by atoms with Crippen LogP contribution in [0.15, 0.2) is 12.1 Å². The maximum Gasteiger partial charge on any atom is 0.254 e. The van der Waals surface area contributed by atoms with Gasteiger partial charge in [0.15, 0.2) is 11.5 Å².